The van der Waals surface area contributed by atoms with Crippen LogP contribution in [0, 0.1) is 11.3 Å². The van der Waals surface area contributed by atoms with Crippen molar-refractivity contribution < 1.29 is 9.52 Å². The number of aliphatic hydroxyl groups excluding tert-OH is 1. The average molecular weight is 152 g/mol. The number of hydrogen-bond acceptors (Lipinski definition) is 4. The molecule has 0 fully saturated rings. The van der Waals surface area contributed by atoms with Crippen LogP contribution in [-0.2, 0) is 6.61 Å². The summed E-state index contributed by atoms with van der Waals surface area (Å²) in [5.41, 5.74) is 5.33. The van der Waals surface area contributed by atoms with Crippen LogP contribution in [0.4, 0.5) is 0 Å². The monoisotopic (exact) mass is 152 g/mol. The zero-order valence-corrected chi connectivity index (χ0v) is 5.82. The number of nitriles is 1. The lowest BCUT2D eigenvalue weighted by molar-refractivity contribution is 0.243. The molecule has 4 heteroatoms. The molecule has 1 rings (SSSR count). The minimum Gasteiger partial charge on any atom is -0.461 e. The van der Waals surface area contributed by atoms with Crippen LogP contribution in [0.3, 0.4) is 0 Å². The van der Waals surface area contributed by atoms with E-state index in [1.807, 2.05) is 6.07 Å². The third-order valence-corrected chi connectivity index (χ3v) is 1.28. The number of hydrogen-bond donors (Lipinski definition) is 2. The van der Waals surface area contributed by atoms with Crippen molar-refractivity contribution in [1.82, 2.24) is 0 Å². The van der Waals surface area contributed by atoms with Crippen LogP contribution in [0.25, 0.3) is 0 Å². The fourth-order valence-electron chi connectivity index (χ4n) is 0.710. The van der Waals surface area contributed by atoms with Crippen molar-refractivity contribution in [2.75, 3.05) is 0 Å². The molecule has 58 valence electrons. The molecule has 0 aliphatic heterocycles. The molecule has 0 aliphatic carbocycles. The summed E-state index contributed by atoms with van der Waals surface area (Å²) in [5, 5.41) is 17.0. The maximum atomic E-state index is 8.59. The van der Waals surface area contributed by atoms with Gasteiger partial charge in [-0.05, 0) is 12.1 Å². The van der Waals surface area contributed by atoms with Gasteiger partial charge in [-0.3, -0.25) is 0 Å². The Hall–Kier alpha value is -1.31. The van der Waals surface area contributed by atoms with Crippen molar-refractivity contribution in [3.8, 4) is 6.07 Å². The Morgan fingerprint density at radius 3 is 2.91 bits per heavy atom. The molecule has 0 saturated heterocycles. The minimum absolute atomic E-state index is 0.169. The van der Waals surface area contributed by atoms with Crippen molar-refractivity contribution in [3.63, 3.8) is 0 Å². The van der Waals surface area contributed by atoms with E-state index in [0.29, 0.717) is 11.5 Å². The topological polar surface area (TPSA) is 83.2 Å². The molecule has 1 atom stereocenters. The highest BCUT2D eigenvalue weighted by Gasteiger charge is 2.08. The summed E-state index contributed by atoms with van der Waals surface area (Å²) < 4.78 is 4.99. The van der Waals surface area contributed by atoms with E-state index >= 15 is 0 Å². The molecule has 1 aromatic heterocycles. The molecule has 0 bridgehead atoms. The Morgan fingerprint density at radius 2 is 2.45 bits per heavy atom. The SMILES string of the molecule is N#CC(N)c1ccc(CO)o1. The summed E-state index contributed by atoms with van der Waals surface area (Å²) in [5.74, 6) is 0.808. The number of aliphatic hydroxyl groups is 1. The van der Waals surface area contributed by atoms with E-state index in [1.54, 1.807) is 12.1 Å². The maximum absolute atomic E-state index is 8.59. The normalized spacial score (nSPS) is 12.5. The van der Waals surface area contributed by atoms with Crippen LogP contribution in [0.5, 0.6) is 0 Å². The molecule has 1 heterocycles. The van der Waals surface area contributed by atoms with Crippen molar-refractivity contribution in [2.24, 2.45) is 5.73 Å². The summed E-state index contributed by atoms with van der Waals surface area (Å²) in [6.07, 6.45) is 0. The van der Waals surface area contributed by atoms with Crippen LogP contribution in [0.1, 0.15) is 17.6 Å². The van der Waals surface area contributed by atoms with E-state index in [-0.39, 0.29) is 6.61 Å². The predicted molar refractivity (Wildman–Crippen MR) is 37.2 cm³/mol. The smallest absolute Gasteiger partial charge is 0.151 e. The molecule has 0 saturated carbocycles. The Kier molecular flexibility index (Phi) is 2.26. The fraction of sp³-hybridized carbons (Fsp3) is 0.286. The van der Waals surface area contributed by atoms with E-state index < -0.39 is 6.04 Å². The first-order valence-corrected chi connectivity index (χ1v) is 3.12. The summed E-state index contributed by atoms with van der Waals surface area (Å²) in [4.78, 5) is 0. The molecule has 0 spiro atoms. The molecule has 0 aromatic carbocycles. The first-order valence-electron chi connectivity index (χ1n) is 3.12. The standard InChI is InChI=1S/C7H8N2O2/c8-3-6(9)7-2-1-5(4-10)11-7/h1-2,6,10H,4,9H2. The second-order valence-corrected chi connectivity index (χ2v) is 2.07. The van der Waals surface area contributed by atoms with Gasteiger partial charge in [-0.15, -0.1) is 0 Å². The van der Waals surface area contributed by atoms with E-state index in [1.165, 1.54) is 0 Å². The second kappa shape index (κ2) is 3.19. The van der Waals surface area contributed by atoms with E-state index in [4.69, 9.17) is 20.5 Å². The van der Waals surface area contributed by atoms with Crippen molar-refractivity contribution >= 4 is 0 Å². The Bertz CT molecular complexity index is 274. The molecule has 11 heavy (non-hydrogen) atoms. The summed E-state index contributed by atoms with van der Waals surface area (Å²) in [6.45, 7) is -0.169. The molecule has 3 N–H and O–H groups in total. The fourth-order valence-corrected chi connectivity index (χ4v) is 0.710. The lowest BCUT2D eigenvalue weighted by Crippen LogP contribution is -2.05. The second-order valence-electron chi connectivity index (χ2n) is 2.07. The third kappa shape index (κ3) is 1.58. The third-order valence-electron chi connectivity index (χ3n) is 1.28. The predicted octanol–water partition coefficient (Wildman–Crippen LogP) is 0.295. The number of nitrogens with two attached hydrogens (primary N) is 1. The zero-order chi connectivity index (χ0) is 8.27. The van der Waals surface area contributed by atoms with Gasteiger partial charge in [-0.2, -0.15) is 5.26 Å². The molecular weight excluding hydrogens is 144 g/mol. The van der Waals surface area contributed by atoms with Crippen LogP contribution < -0.4 is 5.73 Å². The van der Waals surface area contributed by atoms with Gasteiger partial charge in [-0.1, -0.05) is 0 Å². The molecule has 1 aromatic rings. The van der Waals surface area contributed by atoms with Gasteiger partial charge in [0.2, 0.25) is 0 Å². The lowest BCUT2D eigenvalue weighted by Gasteiger charge is -1.94. The van der Waals surface area contributed by atoms with Gasteiger partial charge in [0.05, 0.1) is 6.07 Å². The summed E-state index contributed by atoms with van der Waals surface area (Å²) in [7, 11) is 0. The van der Waals surface area contributed by atoms with Gasteiger partial charge in [0, 0.05) is 0 Å². The van der Waals surface area contributed by atoms with Crippen molar-refractivity contribution in [3.05, 3.63) is 23.7 Å². The minimum atomic E-state index is -0.740. The van der Waals surface area contributed by atoms with Crippen LogP contribution in [-0.4, -0.2) is 5.11 Å². The number of rotatable bonds is 2. The molecular formula is C7H8N2O2. The van der Waals surface area contributed by atoms with Gasteiger partial charge < -0.3 is 15.3 Å². The highest BCUT2D eigenvalue weighted by molar-refractivity contribution is 5.14. The van der Waals surface area contributed by atoms with Gasteiger partial charge in [0.25, 0.3) is 0 Å². The van der Waals surface area contributed by atoms with Crippen LogP contribution >= 0.6 is 0 Å². The van der Waals surface area contributed by atoms with Gasteiger partial charge in [0.1, 0.15) is 18.1 Å². The largest absolute Gasteiger partial charge is 0.461 e. The first kappa shape index (κ1) is 7.79. The van der Waals surface area contributed by atoms with Crippen molar-refractivity contribution in [1.29, 1.82) is 5.26 Å². The molecule has 4 nitrogen and oxygen atoms in total. The van der Waals surface area contributed by atoms with E-state index in [9.17, 15) is 0 Å². The lowest BCUT2D eigenvalue weighted by atomic mass is 10.3. The zero-order valence-electron chi connectivity index (χ0n) is 5.82. The molecule has 0 amide bonds. The Balaban J connectivity index is 2.82. The highest BCUT2D eigenvalue weighted by atomic mass is 16.4. The van der Waals surface area contributed by atoms with Gasteiger partial charge >= 0.3 is 0 Å². The molecule has 0 radical (unpaired) electrons. The van der Waals surface area contributed by atoms with Gasteiger partial charge in [-0.25, -0.2) is 0 Å². The van der Waals surface area contributed by atoms with Crippen molar-refractivity contribution in [2.45, 2.75) is 12.6 Å². The van der Waals surface area contributed by atoms with E-state index in [2.05, 4.69) is 0 Å². The first-order chi connectivity index (χ1) is 5.27. The highest BCUT2D eigenvalue weighted by Crippen LogP contribution is 2.13. The van der Waals surface area contributed by atoms with E-state index in [0.717, 1.165) is 0 Å². The summed E-state index contributed by atoms with van der Waals surface area (Å²) in [6, 6.07) is 4.25. The molecule has 1 unspecified atom stereocenters. The average Bonchev–Trinajstić information content (AvgIpc) is 2.50. The number of furan rings is 1. The van der Waals surface area contributed by atoms with Crippen LogP contribution in [0.15, 0.2) is 16.5 Å². The quantitative estimate of drug-likeness (QED) is 0.638. The Morgan fingerprint density at radius 1 is 1.73 bits per heavy atom. The molecule has 0 aliphatic rings. The number of nitrogens with zero attached hydrogens (tertiary/aromatic N) is 1. The van der Waals surface area contributed by atoms with Crippen LogP contribution in [0.2, 0.25) is 0 Å². The summed E-state index contributed by atoms with van der Waals surface area (Å²) >= 11 is 0. The maximum Gasteiger partial charge on any atom is 0.151 e. The Labute approximate surface area is 63.8 Å². The van der Waals surface area contributed by atoms with Gasteiger partial charge in [0.15, 0.2) is 6.04 Å².